The van der Waals surface area contributed by atoms with Gasteiger partial charge in [0.05, 0.1) is 0 Å². The monoisotopic (exact) mass is 316 g/mol. The standard InChI is InChI=1S/C15H16N4O2S/c1-5-13(20)18(3)12-8-6-11(7-9-12)14(21)19(4)15-17-16-10(2)22-15/h5-9H,1H2,2-4H3. The number of anilines is 2. The Morgan fingerprint density at radius 3 is 2.27 bits per heavy atom. The lowest BCUT2D eigenvalue weighted by Gasteiger charge is -2.17. The van der Waals surface area contributed by atoms with E-state index in [2.05, 4.69) is 16.8 Å². The molecule has 0 saturated heterocycles. The normalized spacial score (nSPS) is 10.1. The number of rotatable bonds is 4. The predicted molar refractivity (Wildman–Crippen MR) is 87.4 cm³/mol. The Morgan fingerprint density at radius 2 is 1.77 bits per heavy atom. The van der Waals surface area contributed by atoms with Gasteiger partial charge in [-0.25, -0.2) is 0 Å². The van der Waals surface area contributed by atoms with E-state index in [0.29, 0.717) is 16.4 Å². The van der Waals surface area contributed by atoms with Gasteiger partial charge in [-0.2, -0.15) is 0 Å². The highest BCUT2D eigenvalue weighted by Gasteiger charge is 2.17. The summed E-state index contributed by atoms with van der Waals surface area (Å²) in [7, 11) is 3.31. The van der Waals surface area contributed by atoms with E-state index < -0.39 is 0 Å². The van der Waals surface area contributed by atoms with Gasteiger partial charge in [0.15, 0.2) is 0 Å². The molecule has 7 heteroatoms. The van der Waals surface area contributed by atoms with Crippen molar-refractivity contribution in [2.75, 3.05) is 23.9 Å². The zero-order valence-corrected chi connectivity index (χ0v) is 13.4. The van der Waals surface area contributed by atoms with Gasteiger partial charge in [0.1, 0.15) is 5.01 Å². The number of hydrogen-bond acceptors (Lipinski definition) is 5. The van der Waals surface area contributed by atoms with Crippen LogP contribution in [0.4, 0.5) is 10.8 Å². The highest BCUT2D eigenvalue weighted by atomic mass is 32.1. The Bertz CT molecular complexity index is 709. The molecule has 2 rings (SSSR count). The van der Waals surface area contributed by atoms with Crippen LogP contribution in [0, 0.1) is 6.92 Å². The van der Waals surface area contributed by atoms with Crippen LogP contribution in [0.3, 0.4) is 0 Å². The van der Waals surface area contributed by atoms with Crippen LogP contribution in [0.2, 0.25) is 0 Å². The first kappa shape index (κ1) is 15.8. The molecular formula is C15H16N4O2S. The van der Waals surface area contributed by atoms with Crippen LogP contribution in [0.25, 0.3) is 0 Å². The van der Waals surface area contributed by atoms with Crippen LogP contribution >= 0.6 is 11.3 Å². The Hall–Kier alpha value is -2.54. The van der Waals surface area contributed by atoms with Gasteiger partial charge in [-0.3, -0.25) is 14.5 Å². The van der Waals surface area contributed by atoms with Gasteiger partial charge in [-0.05, 0) is 37.3 Å². The topological polar surface area (TPSA) is 66.4 Å². The first-order chi connectivity index (χ1) is 10.4. The molecule has 0 fully saturated rings. The molecule has 1 aromatic carbocycles. The number of likely N-dealkylation sites (N-methyl/N-ethyl adjacent to an activating group) is 1. The van der Waals surface area contributed by atoms with Crippen LogP contribution in [0.1, 0.15) is 15.4 Å². The maximum atomic E-state index is 12.4. The van der Waals surface area contributed by atoms with Crippen molar-refractivity contribution in [3.05, 3.63) is 47.5 Å². The maximum absolute atomic E-state index is 12.4. The predicted octanol–water partition coefficient (Wildman–Crippen LogP) is 2.27. The number of carbonyl (C=O) groups excluding carboxylic acids is 2. The third kappa shape index (κ3) is 3.20. The van der Waals surface area contributed by atoms with Crippen molar-refractivity contribution in [3.8, 4) is 0 Å². The summed E-state index contributed by atoms with van der Waals surface area (Å²) in [6.45, 7) is 5.28. The largest absolute Gasteiger partial charge is 0.312 e. The first-order valence-electron chi connectivity index (χ1n) is 6.52. The van der Waals surface area contributed by atoms with Gasteiger partial charge in [0.2, 0.25) is 11.0 Å². The highest BCUT2D eigenvalue weighted by Crippen LogP contribution is 2.21. The fourth-order valence-corrected chi connectivity index (χ4v) is 2.44. The Balaban J connectivity index is 2.17. The molecule has 114 valence electrons. The van der Waals surface area contributed by atoms with E-state index in [-0.39, 0.29) is 11.8 Å². The highest BCUT2D eigenvalue weighted by molar-refractivity contribution is 7.15. The second-order valence-corrected chi connectivity index (χ2v) is 5.78. The van der Waals surface area contributed by atoms with Crippen molar-refractivity contribution in [2.24, 2.45) is 0 Å². The fraction of sp³-hybridized carbons (Fsp3) is 0.200. The van der Waals surface area contributed by atoms with Crippen molar-refractivity contribution in [1.82, 2.24) is 10.2 Å². The molecule has 0 unspecified atom stereocenters. The molecule has 0 aliphatic heterocycles. The lowest BCUT2D eigenvalue weighted by atomic mass is 10.2. The third-order valence-corrected chi connectivity index (χ3v) is 4.03. The van der Waals surface area contributed by atoms with Crippen LogP contribution in [-0.4, -0.2) is 36.1 Å². The molecule has 2 aromatic rings. The van der Waals surface area contributed by atoms with E-state index in [1.54, 1.807) is 38.4 Å². The Labute approximate surface area is 132 Å². The summed E-state index contributed by atoms with van der Waals surface area (Å²) in [5.41, 5.74) is 1.20. The molecule has 0 aliphatic rings. The molecule has 0 N–H and O–H groups in total. The average Bonchev–Trinajstić information content (AvgIpc) is 2.98. The molecule has 0 bridgehead atoms. The second-order valence-electron chi connectivity index (χ2n) is 4.62. The van der Waals surface area contributed by atoms with Gasteiger partial charge in [-0.1, -0.05) is 17.9 Å². The van der Waals surface area contributed by atoms with Gasteiger partial charge in [0.25, 0.3) is 5.91 Å². The molecule has 1 heterocycles. The number of nitrogens with zero attached hydrogens (tertiary/aromatic N) is 4. The number of amides is 2. The minimum Gasteiger partial charge on any atom is -0.312 e. The average molecular weight is 316 g/mol. The van der Waals surface area contributed by atoms with Crippen molar-refractivity contribution in [2.45, 2.75) is 6.92 Å². The lowest BCUT2D eigenvalue weighted by Crippen LogP contribution is -2.26. The number of aromatic nitrogens is 2. The SMILES string of the molecule is C=CC(=O)N(C)c1ccc(C(=O)N(C)c2nnc(C)s2)cc1. The summed E-state index contributed by atoms with van der Waals surface area (Å²) in [5, 5.41) is 9.20. The van der Waals surface area contributed by atoms with Crippen molar-refractivity contribution in [3.63, 3.8) is 0 Å². The molecule has 0 radical (unpaired) electrons. The van der Waals surface area contributed by atoms with E-state index in [1.165, 1.54) is 27.2 Å². The molecule has 1 aromatic heterocycles. The van der Waals surface area contributed by atoms with Crippen molar-refractivity contribution < 1.29 is 9.59 Å². The summed E-state index contributed by atoms with van der Waals surface area (Å²) in [6.07, 6.45) is 1.24. The van der Waals surface area contributed by atoms with Crippen molar-refractivity contribution in [1.29, 1.82) is 0 Å². The zero-order chi connectivity index (χ0) is 16.3. The summed E-state index contributed by atoms with van der Waals surface area (Å²) in [6, 6.07) is 6.78. The Kier molecular flexibility index (Phi) is 4.67. The lowest BCUT2D eigenvalue weighted by molar-refractivity contribution is -0.113. The second kappa shape index (κ2) is 6.48. The van der Waals surface area contributed by atoms with E-state index in [1.807, 2.05) is 6.92 Å². The quantitative estimate of drug-likeness (QED) is 0.812. The molecule has 22 heavy (non-hydrogen) atoms. The van der Waals surface area contributed by atoms with Crippen molar-refractivity contribution >= 4 is 34.0 Å². The van der Waals surface area contributed by atoms with E-state index in [0.717, 1.165) is 5.01 Å². The summed E-state index contributed by atoms with van der Waals surface area (Å²) < 4.78 is 0. The number of hydrogen-bond donors (Lipinski definition) is 0. The Morgan fingerprint density at radius 1 is 1.14 bits per heavy atom. The summed E-state index contributed by atoms with van der Waals surface area (Å²) in [5.74, 6) is -0.388. The summed E-state index contributed by atoms with van der Waals surface area (Å²) >= 11 is 1.35. The minimum absolute atomic E-state index is 0.180. The van der Waals surface area contributed by atoms with Gasteiger partial charge in [-0.15, -0.1) is 10.2 Å². The molecule has 2 amide bonds. The van der Waals surface area contributed by atoms with E-state index in [4.69, 9.17) is 0 Å². The summed E-state index contributed by atoms with van der Waals surface area (Å²) in [4.78, 5) is 26.9. The van der Waals surface area contributed by atoms with E-state index in [9.17, 15) is 9.59 Å². The fourth-order valence-electron chi connectivity index (χ4n) is 1.79. The zero-order valence-electron chi connectivity index (χ0n) is 12.6. The van der Waals surface area contributed by atoms with Gasteiger partial charge in [0, 0.05) is 25.3 Å². The maximum Gasteiger partial charge on any atom is 0.259 e. The number of benzene rings is 1. The van der Waals surface area contributed by atoms with Gasteiger partial charge >= 0.3 is 0 Å². The van der Waals surface area contributed by atoms with Crippen LogP contribution in [-0.2, 0) is 4.79 Å². The minimum atomic E-state index is -0.208. The van der Waals surface area contributed by atoms with Crippen LogP contribution < -0.4 is 9.80 Å². The number of aryl methyl sites for hydroxylation is 1. The molecule has 6 nitrogen and oxygen atoms in total. The molecular weight excluding hydrogens is 300 g/mol. The molecule has 0 aliphatic carbocycles. The third-order valence-electron chi connectivity index (χ3n) is 3.11. The van der Waals surface area contributed by atoms with E-state index >= 15 is 0 Å². The van der Waals surface area contributed by atoms with Gasteiger partial charge < -0.3 is 4.90 Å². The van der Waals surface area contributed by atoms with Crippen LogP contribution in [0.5, 0.6) is 0 Å². The molecule has 0 saturated carbocycles. The number of carbonyl (C=O) groups is 2. The molecule has 0 spiro atoms. The smallest absolute Gasteiger partial charge is 0.259 e. The first-order valence-corrected chi connectivity index (χ1v) is 7.34. The molecule has 0 atom stereocenters. The van der Waals surface area contributed by atoms with Crippen LogP contribution in [0.15, 0.2) is 36.9 Å².